The van der Waals surface area contributed by atoms with Gasteiger partial charge in [0.2, 0.25) is 0 Å². The van der Waals surface area contributed by atoms with E-state index >= 15 is 0 Å². The molecule has 1 aromatic carbocycles. The lowest BCUT2D eigenvalue weighted by Crippen LogP contribution is -2.11. The van der Waals surface area contributed by atoms with Crippen molar-refractivity contribution < 1.29 is 13.9 Å². The molecule has 0 radical (unpaired) electrons. The van der Waals surface area contributed by atoms with Gasteiger partial charge in [-0.3, -0.25) is 4.79 Å². The fraction of sp³-hybridized carbons (Fsp3) is 0.300. The zero-order valence-electron chi connectivity index (χ0n) is 7.87. The standard InChI is InChI=1S/C10H12FNO2/c1-7(13)14-9-4-2-8(3-5-9)10(12)6-11/h2-5,10H,6,12H2,1H3/t10-/m1/s1. The fourth-order valence-corrected chi connectivity index (χ4v) is 1.04. The summed E-state index contributed by atoms with van der Waals surface area (Å²) in [6.07, 6.45) is 0. The monoisotopic (exact) mass is 197 g/mol. The van der Waals surface area contributed by atoms with E-state index in [1.165, 1.54) is 6.92 Å². The van der Waals surface area contributed by atoms with E-state index in [9.17, 15) is 9.18 Å². The van der Waals surface area contributed by atoms with Crippen molar-refractivity contribution in [2.24, 2.45) is 5.73 Å². The summed E-state index contributed by atoms with van der Waals surface area (Å²) in [5.41, 5.74) is 6.15. The van der Waals surface area contributed by atoms with Crippen molar-refractivity contribution in [2.45, 2.75) is 13.0 Å². The summed E-state index contributed by atoms with van der Waals surface area (Å²) in [4.78, 5) is 10.6. The Morgan fingerprint density at radius 3 is 2.50 bits per heavy atom. The van der Waals surface area contributed by atoms with E-state index in [4.69, 9.17) is 10.5 Å². The van der Waals surface area contributed by atoms with Gasteiger partial charge in [0.1, 0.15) is 12.4 Å². The van der Waals surface area contributed by atoms with Crippen LogP contribution in [0.1, 0.15) is 18.5 Å². The molecule has 0 aliphatic rings. The lowest BCUT2D eigenvalue weighted by molar-refractivity contribution is -0.131. The number of carbonyl (C=O) groups excluding carboxylic acids is 1. The minimum Gasteiger partial charge on any atom is -0.427 e. The van der Waals surface area contributed by atoms with Crippen LogP contribution in [0.5, 0.6) is 5.75 Å². The Balaban J connectivity index is 2.73. The van der Waals surface area contributed by atoms with Crippen LogP contribution in [0, 0.1) is 0 Å². The van der Waals surface area contributed by atoms with Crippen LogP contribution in [0.2, 0.25) is 0 Å². The summed E-state index contributed by atoms with van der Waals surface area (Å²) in [6.45, 7) is 0.716. The van der Waals surface area contributed by atoms with Crippen LogP contribution in [0.25, 0.3) is 0 Å². The quantitative estimate of drug-likeness (QED) is 0.591. The number of hydrogen-bond donors (Lipinski definition) is 1. The number of halogens is 1. The maximum absolute atomic E-state index is 12.2. The normalized spacial score (nSPS) is 12.2. The van der Waals surface area contributed by atoms with Gasteiger partial charge in [0, 0.05) is 6.92 Å². The molecule has 1 rings (SSSR count). The van der Waals surface area contributed by atoms with Crippen LogP contribution in [-0.2, 0) is 4.79 Å². The second kappa shape index (κ2) is 4.72. The van der Waals surface area contributed by atoms with Gasteiger partial charge in [-0.05, 0) is 17.7 Å². The second-order valence-electron chi connectivity index (χ2n) is 2.92. The molecule has 1 aromatic rings. The summed E-state index contributed by atoms with van der Waals surface area (Å²) < 4.78 is 17.0. The van der Waals surface area contributed by atoms with Crippen LogP contribution < -0.4 is 10.5 Å². The summed E-state index contributed by atoms with van der Waals surface area (Å²) in [5.74, 6) is 0.0554. The molecule has 4 heteroatoms. The first-order chi connectivity index (χ1) is 6.63. The fourth-order valence-electron chi connectivity index (χ4n) is 1.04. The largest absolute Gasteiger partial charge is 0.427 e. The maximum atomic E-state index is 12.2. The molecule has 2 N–H and O–H groups in total. The Hall–Kier alpha value is -1.42. The third-order valence-electron chi connectivity index (χ3n) is 1.74. The Labute approximate surface area is 81.7 Å². The summed E-state index contributed by atoms with van der Waals surface area (Å²) in [5, 5.41) is 0. The van der Waals surface area contributed by atoms with Gasteiger partial charge in [-0.1, -0.05) is 12.1 Å². The molecule has 0 amide bonds. The summed E-state index contributed by atoms with van der Waals surface area (Å²) in [7, 11) is 0. The highest BCUT2D eigenvalue weighted by Crippen LogP contribution is 2.16. The van der Waals surface area contributed by atoms with Crippen molar-refractivity contribution in [1.82, 2.24) is 0 Å². The Kier molecular flexibility index (Phi) is 3.59. The van der Waals surface area contributed by atoms with Gasteiger partial charge in [0.25, 0.3) is 0 Å². The number of ether oxygens (including phenoxy) is 1. The Morgan fingerprint density at radius 2 is 2.07 bits per heavy atom. The SMILES string of the molecule is CC(=O)Oc1ccc([C@H](N)CF)cc1. The Bertz CT molecular complexity index is 310. The average Bonchev–Trinajstić information content (AvgIpc) is 2.17. The molecular formula is C10H12FNO2. The lowest BCUT2D eigenvalue weighted by Gasteiger charge is -2.07. The third kappa shape index (κ3) is 2.81. The molecule has 3 nitrogen and oxygen atoms in total. The van der Waals surface area contributed by atoms with Crippen molar-refractivity contribution in [2.75, 3.05) is 6.67 Å². The van der Waals surface area contributed by atoms with Crippen LogP contribution in [-0.4, -0.2) is 12.6 Å². The van der Waals surface area contributed by atoms with Crippen molar-refractivity contribution in [3.05, 3.63) is 29.8 Å². The van der Waals surface area contributed by atoms with Gasteiger partial charge >= 0.3 is 5.97 Å². The first kappa shape index (κ1) is 10.7. The van der Waals surface area contributed by atoms with Crippen LogP contribution in [0.4, 0.5) is 4.39 Å². The van der Waals surface area contributed by atoms with Crippen LogP contribution in [0.15, 0.2) is 24.3 Å². The van der Waals surface area contributed by atoms with Gasteiger partial charge < -0.3 is 10.5 Å². The van der Waals surface area contributed by atoms with Crippen molar-refractivity contribution in [3.63, 3.8) is 0 Å². The molecule has 0 unspecified atom stereocenters. The van der Waals surface area contributed by atoms with Crippen molar-refractivity contribution >= 4 is 5.97 Å². The van der Waals surface area contributed by atoms with Crippen molar-refractivity contribution in [3.8, 4) is 5.75 Å². The van der Waals surface area contributed by atoms with Gasteiger partial charge in [-0.2, -0.15) is 0 Å². The molecule has 14 heavy (non-hydrogen) atoms. The molecule has 0 aliphatic carbocycles. The summed E-state index contributed by atoms with van der Waals surface area (Å²) >= 11 is 0. The molecule has 0 bridgehead atoms. The lowest BCUT2D eigenvalue weighted by atomic mass is 10.1. The molecule has 0 spiro atoms. The first-order valence-corrected chi connectivity index (χ1v) is 4.23. The highest BCUT2D eigenvalue weighted by Gasteiger charge is 2.05. The molecule has 0 aliphatic heterocycles. The average molecular weight is 197 g/mol. The molecule has 0 saturated carbocycles. The molecule has 76 valence electrons. The molecule has 0 fully saturated rings. The van der Waals surface area contributed by atoms with Crippen LogP contribution in [0.3, 0.4) is 0 Å². The Morgan fingerprint density at radius 1 is 1.50 bits per heavy atom. The van der Waals surface area contributed by atoms with E-state index in [1.807, 2.05) is 0 Å². The minimum absolute atomic E-state index is 0.382. The zero-order valence-corrected chi connectivity index (χ0v) is 7.87. The minimum atomic E-state index is -0.610. The highest BCUT2D eigenvalue weighted by molar-refractivity contribution is 5.69. The molecule has 1 atom stereocenters. The molecular weight excluding hydrogens is 185 g/mol. The first-order valence-electron chi connectivity index (χ1n) is 4.23. The number of alkyl halides is 1. The van der Waals surface area contributed by atoms with Crippen molar-refractivity contribution in [1.29, 1.82) is 0 Å². The molecule has 0 aromatic heterocycles. The molecule has 0 saturated heterocycles. The van der Waals surface area contributed by atoms with Crippen LogP contribution >= 0.6 is 0 Å². The molecule has 0 heterocycles. The zero-order chi connectivity index (χ0) is 10.6. The number of nitrogens with two attached hydrogens (primary N) is 1. The number of rotatable bonds is 3. The van der Waals surface area contributed by atoms with Gasteiger partial charge in [0.05, 0.1) is 6.04 Å². The predicted molar refractivity (Wildman–Crippen MR) is 50.7 cm³/mol. The smallest absolute Gasteiger partial charge is 0.308 e. The van der Waals surface area contributed by atoms with Gasteiger partial charge in [0.15, 0.2) is 0 Å². The number of carbonyl (C=O) groups is 1. The topological polar surface area (TPSA) is 52.3 Å². The van der Waals surface area contributed by atoms with E-state index in [0.717, 1.165) is 0 Å². The van der Waals surface area contributed by atoms with E-state index < -0.39 is 12.7 Å². The third-order valence-corrected chi connectivity index (χ3v) is 1.74. The number of esters is 1. The van der Waals surface area contributed by atoms with E-state index in [2.05, 4.69) is 0 Å². The predicted octanol–water partition coefficient (Wildman–Crippen LogP) is 1.58. The highest BCUT2D eigenvalue weighted by atomic mass is 19.1. The van der Waals surface area contributed by atoms with Gasteiger partial charge in [-0.25, -0.2) is 4.39 Å². The van der Waals surface area contributed by atoms with E-state index in [1.54, 1.807) is 24.3 Å². The summed E-state index contributed by atoms with van der Waals surface area (Å²) in [6, 6.07) is 5.85. The number of benzene rings is 1. The van der Waals surface area contributed by atoms with E-state index in [0.29, 0.717) is 11.3 Å². The number of hydrogen-bond acceptors (Lipinski definition) is 3. The van der Waals surface area contributed by atoms with Gasteiger partial charge in [-0.15, -0.1) is 0 Å². The van der Waals surface area contributed by atoms with E-state index in [-0.39, 0.29) is 5.97 Å². The maximum Gasteiger partial charge on any atom is 0.308 e. The second-order valence-corrected chi connectivity index (χ2v) is 2.92.